The van der Waals surface area contributed by atoms with Gasteiger partial charge >= 0.3 is 0 Å². The van der Waals surface area contributed by atoms with Crippen molar-refractivity contribution in [3.63, 3.8) is 0 Å². The summed E-state index contributed by atoms with van der Waals surface area (Å²) in [6.07, 6.45) is 0.763. The predicted octanol–water partition coefficient (Wildman–Crippen LogP) is 1.41. The van der Waals surface area contributed by atoms with Crippen LogP contribution in [0, 0.1) is 0 Å². The van der Waals surface area contributed by atoms with Gasteiger partial charge < -0.3 is 15.2 Å². The van der Waals surface area contributed by atoms with Gasteiger partial charge in [0.2, 0.25) is 0 Å². The van der Waals surface area contributed by atoms with Gasteiger partial charge in [-0.15, -0.1) is 24.8 Å². The Hall–Kier alpha value is -0.360. The Morgan fingerprint density at radius 2 is 1.81 bits per heavy atom. The number of hydrogen-bond donors (Lipinski definition) is 2. The largest absolute Gasteiger partial charge is 0.383 e. The number of piperidine rings is 1. The van der Waals surface area contributed by atoms with Crippen molar-refractivity contribution in [3.8, 4) is 0 Å². The Balaban J connectivity index is 0.00000110. The quantitative estimate of drug-likeness (QED) is 0.858. The van der Waals surface area contributed by atoms with Crippen molar-refractivity contribution < 1.29 is 9.84 Å². The van der Waals surface area contributed by atoms with Crippen LogP contribution in [0.3, 0.4) is 0 Å². The van der Waals surface area contributed by atoms with Gasteiger partial charge in [0.25, 0.3) is 0 Å². The number of halogens is 2. The van der Waals surface area contributed by atoms with Crippen LogP contribution in [0.5, 0.6) is 0 Å². The molecule has 1 aromatic carbocycles. The van der Waals surface area contributed by atoms with Gasteiger partial charge in [0.15, 0.2) is 0 Å². The number of rotatable bonds is 2. The van der Waals surface area contributed by atoms with Gasteiger partial charge in [-0.2, -0.15) is 0 Å². The number of nitrogens with zero attached hydrogens (tertiary/aromatic N) is 1. The van der Waals surface area contributed by atoms with Crippen molar-refractivity contribution >= 4 is 24.8 Å². The molecule has 3 rings (SSSR count). The first-order chi connectivity index (χ1) is 9.31. The van der Waals surface area contributed by atoms with Gasteiger partial charge in [0.1, 0.15) is 5.60 Å². The van der Waals surface area contributed by atoms with E-state index in [4.69, 9.17) is 4.74 Å². The highest BCUT2D eigenvalue weighted by molar-refractivity contribution is 5.85. The zero-order valence-corrected chi connectivity index (χ0v) is 13.7. The highest BCUT2D eigenvalue weighted by Gasteiger charge is 2.43. The molecule has 2 N–H and O–H groups in total. The summed E-state index contributed by atoms with van der Waals surface area (Å²) in [5.41, 5.74) is 0.289. The first-order valence-corrected chi connectivity index (χ1v) is 7.11. The Kier molecular flexibility index (Phi) is 7.40. The molecule has 0 aromatic heterocycles. The van der Waals surface area contributed by atoms with Gasteiger partial charge in [-0.05, 0) is 18.5 Å². The van der Waals surface area contributed by atoms with E-state index in [9.17, 15) is 5.11 Å². The number of hydrogen-bond acceptors (Lipinski definition) is 4. The summed E-state index contributed by atoms with van der Waals surface area (Å²) in [6.45, 7) is 5.04. The molecular weight excluding hydrogens is 311 g/mol. The maximum Gasteiger partial charge on any atom is 0.107 e. The molecule has 6 heteroatoms. The third kappa shape index (κ3) is 3.89. The lowest BCUT2D eigenvalue weighted by molar-refractivity contribution is -0.0958. The third-order valence-electron chi connectivity index (χ3n) is 4.33. The molecule has 2 atom stereocenters. The molecule has 0 spiro atoms. The van der Waals surface area contributed by atoms with Gasteiger partial charge in [0, 0.05) is 19.6 Å². The van der Waals surface area contributed by atoms with Gasteiger partial charge in [0.05, 0.1) is 19.3 Å². The van der Waals surface area contributed by atoms with E-state index >= 15 is 0 Å². The maximum absolute atomic E-state index is 11.2. The van der Waals surface area contributed by atoms with E-state index in [-0.39, 0.29) is 30.9 Å². The third-order valence-corrected chi connectivity index (χ3v) is 4.33. The van der Waals surface area contributed by atoms with E-state index in [1.165, 1.54) is 0 Å². The normalized spacial score (nSPS) is 30.0. The van der Waals surface area contributed by atoms with Crippen LogP contribution in [-0.4, -0.2) is 55.4 Å². The van der Waals surface area contributed by atoms with Gasteiger partial charge in [-0.3, -0.25) is 4.90 Å². The van der Waals surface area contributed by atoms with Crippen LogP contribution >= 0.6 is 24.8 Å². The average molecular weight is 335 g/mol. The van der Waals surface area contributed by atoms with Crippen molar-refractivity contribution in [2.75, 3.05) is 39.4 Å². The Bertz CT molecular complexity index is 415. The van der Waals surface area contributed by atoms with Crippen LogP contribution in [0.2, 0.25) is 0 Å². The smallest absolute Gasteiger partial charge is 0.107 e. The van der Waals surface area contributed by atoms with Crippen LogP contribution in [0.1, 0.15) is 12.0 Å². The zero-order chi connectivity index (χ0) is 13.1. The van der Waals surface area contributed by atoms with Crippen molar-refractivity contribution in [2.45, 2.75) is 18.1 Å². The maximum atomic E-state index is 11.2. The number of morpholine rings is 1. The second-order valence-corrected chi connectivity index (χ2v) is 5.41. The topological polar surface area (TPSA) is 44.7 Å². The van der Waals surface area contributed by atoms with Crippen LogP contribution in [0.4, 0.5) is 0 Å². The highest BCUT2D eigenvalue weighted by atomic mass is 35.5. The van der Waals surface area contributed by atoms with Crippen molar-refractivity contribution in [2.24, 2.45) is 0 Å². The summed E-state index contributed by atoms with van der Waals surface area (Å²) in [5.74, 6) is 0. The molecule has 2 fully saturated rings. The summed E-state index contributed by atoms with van der Waals surface area (Å²) in [6, 6.07) is 10.2. The number of nitrogens with one attached hydrogen (secondary N) is 1. The number of aliphatic hydroxyl groups is 1. The first-order valence-electron chi connectivity index (χ1n) is 7.11. The molecule has 0 bridgehead atoms. The van der Waals surface area contributed by atoms with Gasteiger partial charge in [-0.25, -0.2) is 0 Å². The molecule has 1 aromatic rings. The summed E-state index contributed by atoms with van der Waals surface area (Å²) in [7, 11) is 0. The van der Waals surface area contributed by atoms with Crippen molar-refractivity contribution in [1.82, 2.24) is 10.2 Å². The lowest BCUT2D eigenvalue weighted by atomic mass is 9.80. The summed E-state index contributed by atoms with van der Waals surface area (Å²) >= 11 is 0. The Morgan fingerprint density at radius 1 is 1.14 bits per heavy atom. The van der Waals surface area contributed by atoms with Crippen LogP contribution < -0.4 is 5.32 Å². The van der Waals surface area contributed by atoms with E-state index in [0.29, 0.717) is 0 Å². The first kappa shape index (κ1) is 18.7. The second-order valence-electron chi connectivity index (χ2n) is 5.41. The fourth-order valence-corrected chi connectivity index (χ4v) is 3.24. The number of ether oxygens (including phenoxy) is 1. The van der Waals surface area contributed by atoms with Gasteiger partial charge in [-0.1, -0.05) is 30.3 Å². The second kappa shape index (κ2) is 8.32. The molecule has 0 aliphatic carbocycles. The molecule has 2 heterocycles. The number of benzene rings is 1. The molecule has 2 aliphatic heterocycles. The molecule has 4 nitrogen and oxygen atoms in total. The molecule has 2 saturated heterocycles. The minimum absolute atomic E-state index is 0. The standard InChI is InChI=1S/C15H22N2O2.2ClH/c18-15(13-4-2-1-3-5-13)6-7-16-12-14(15)17-8-10-19-11-9-17;;/h1-5,14,16,18H,6-12H2;2*1H/t14-,15+;;/m1../s1. The summed E-state index contributed by atoms with van der Waals surface area (Å²) in [4.78, 5) is 2.36. The van der Waals surface area contributed by atoms with E-state index in [2.05, 4.69) is 10.2 Å². The van der Waals surface area contributed by atoms with E-state index < -0.39 is 5.60 Å². The lowest BCUT2D eigenvalue weighted by Gasteiger charge is -2.47. The molecule has 0 saturated carbocycles. The van der Waals surface area contributed by atoms with E-state index in [1.54, 1.807) is 0 Å². The fourth-order valence-electron chi connectivity index (χ4n) is 3.24. The molecule has 2 aliphatic rings. The summed E-state index contributed by atoms with van der Waals surface area (Å²) < 4.78 is 5.42. The highest BCUT2D eigenvalue weighted by Crippen LogP contribution is 2.33. The van der Waals surface area contributed by atoms with E-state index in [1.807, 2.05) is 30.3 Å². The van der Waals surface area contributed by atoms with Crippen molar-refractivity contribution in [1.29, 1.82) is 0 Å². The molecular formula is C15H24Cl2N2O2. The monoisotopic (exact) mass is 334 g/mol. The van der Waals surface area contributed by atoms with Crippen LogP contribution in [0.25, 0.3) is 0 Å². The fraction of sp³-hybridized carbons (Fsp3) is 0.600. The van der Waals surface area contributed by atoms with Crippen LogP contribution in [-0.2, 0) is 10.3 Å². The average Bonchev–Trinajstić information content (AvgIpc) is 2.49. The summed E-state index contributed by atoms with van der Waals surface area (Å²) in [5, 5.41) is 14.6. The lowest BCUT2D eigenvalue weighted by Crippen LogP contribution is -2.61. The molecule has 120 valence electrons. The minimum atomic E-state index is -0.746. The Morgan fingerprint density at radius 3 is 2.48 bits per heavy atom. The predicted molar refractivity (Wildman–Crippen MR) is 88.5 cm³/mol. The van der Waals surface area contributed by atoms with Crippen LogP contribution in [0.15, 0.2) is 30.3 Å². The SMILES string of the molecule is Cl.Cl.O[C@]1(c2ccccc2)CCNC[C@H]1N1CCOCC1. The minimum Gasteiger partial charge on any atom is -0.383 e. The van der Waals surface area contributed by atoms with Crippen molar-refractivity contribution in [3.05, 3.63) is 35.9 Å². The van der Waals surface area contributed by atoms with E-state index in [0.717, 1.165) is 51.4 Å². The Labute approximate surface area is 138 Å². The molecule has 21 heavy (non-hydrogen) atoms. The zero-order valence-electron chi connectivity index (χ0n) is 12.0. The molecule has 0 amide bonds. The molecule has 0 unspecified atom stereocenters. The molecule has 0 radical (unpaired) electrons.